The average molecular weight is 258 g/mol. The number of halogens is 3. The van der Waals surface area contributed by atoms with Crippen LogP contribution in [0.1, 0.15) is 42.9 Å². The van der Waals surface area contributed by atoms with Crippen LogP contribution < -0.4 is 0 Å². The molecule has 0 radical (unpaired) electrons. The maximum atomic E-state index is 12.1. The molecule has 0 saturated heterocycles. The Labute approximate surface area is 105 Å². The van der Waals surface area contributed by atoms with Crippen molar-refractivity contribution in [2.24, 2.45) is 5.92 Å². The Bertz CT molecular complexity index is 400. The summed E-state index contributed by atoms with van der Waals surface area (Å²) in [5.41, 5.74) is 2.01. The van der Waals surface area contributed by atoms with Gasteiger partial charge >= 0.3 is 6.18 Å². The highest BCUT2D eigenvalue weighted by Crippen LogP contribution is 2.37. The van der Waals surface area contributed by atoms with Gasteiger partial charge in [0, 0.05) is 6.42 Å². The second-order valence-corrected chi connectivity index (χ2v) is 4.95. The standard InChI is InChI=1S/C14H17F3O/c15-14(16,17)9-3-5-11-8-7-10-4-1-2-6-12(10)13(11)18/h1-2,4,6,11,13,18H,3,5,7-9H2. The average Bonchev–Trinajstić information content (AvgIpc) is 2.31. The van der Waals surface area contributed by atoms with Crippen molar-refractivity contribution in [1.29, 1.82) is 0 Å². The predicted octanol–water partition coefficient (Wildman–Crippen LogP) is 4.02. The van der Waals surface area contributed by atoms with E-state index in [9.17, 15) is 18.3 Å². The summed E-state index contributed by atoms with van der Waals surface area (Å²) in [5.74, 6) is -0.0396. The first-order valence-electron chi connectivity index (χ1n) is 6.30. The van der Waals surface area contributed by atoms with Gasteiger partial charge in [-0.2, -0.15) is 13.2 Å². The Balaban J connectivity index is 1.93. The van der Waals surface area contributed by atoms with Crippen LogP contribution in [0.5, 0.6) is 0 Å². The number of hydrogen-bond acceptors (Lipinski definition) is 1. The van der Waals surface area contributed by atoms with Crippen LogP contribution in [0.3, 0.4) is 0 Å². The van der Waals surface area contributed by atoms with Gasteiger partial charge in [0.15, 0.2) is 0 Å². The third-order valence-electron chi connectivity index (χ3n) is 3.64. The van der Waals surface area contributed by atoms with Gasteiger partial charge < -0.3 is 5.11 Å². The summed E-state index contributed by atoms with van der Waals surface area (Å²) in [6, 6.07) is 7.64. The SMILES string of the molecule is OC1c2ccccc2CCC1CCCC(F)(F)F. The number of aryl methyl sites for hydroxylation is 1. The molecule has 2 atom stereocenters. The number of aliphatic hydroxyl groups is 1. The lowest BCUT2D eigenvalue weighted by molar-refractivity contribution is -0.136. The minimum atomic E-state index is -4.09. The maximum absolute atomic E-state index is 12.1. The molecular weight excluding hydrogens is 241 g/mol. The summed E-state index contributed by atoms with van der Waals surface area (Å²) in [7, 11) is 0. The van der Waals surface area contributed by atoms with E-state index >= 15 is 0 Å². The molecule has 18 heavy (non-hydrogen) atoms. The van der Waals surface area contributed by atoms with E-state index < -0.39 is 18.7 Å². The van der Waals surface area contributed by atoms with E-state index in [4.69, 9.17) is 0 Å². The van der Waals surface area contributed by atoms with E-state index in [1.165, 1.54) is 0 Å². The van der Waals surface area contributed by atoms with Crippen LogP contribution in [-0.4, -0.2) is 11.3 Å². The number of aliphatic hydroxyl groups excluding tert-OH is 1. The molecule has 1 aromatic carbocycles. The smallest absolute Gasteiger partial charge is 0.388 e. The molecule has 1 aliphatic carbocycles. The van der Waals surface area contributed by atoms with Crippen molar-refractivity contribution in [3.63, 3.8) is 0 Å². The molecule has 0 amide bonds. The van der Waals surface area contributed by atoms with Crippen molar-refractivity contribution in [3.8, 4) is 0 Å². The number of hydrogen-bond donors (Lipinski definition) is 1. The molecule has 2 unspecified atom stereocenters. The zero-order valence-electron chi connectivity index (χ0n) is 10.1. The zero-order chi connectivity index (χ0) is 13.2. The van der Waals surface area contributed by atoms with E-state index in [0.29, 0.717) is 6.42 Å². The van der Waals surface area contributed by atoms with Crippen LogP contribution in [0, 0.1) is 5.92 Å². The van der Waals surface area contributed by atoms with Gasteiger partial charge in [0.1, 0.15) is 0 Å². The van der Waals surface area contributed by atoms with Crippen molar-refractivity contribution in [2.45, 2.75) is 44.4 Å². The van der Waals surface area contributed by atoms with Gasteiger partial charge in [0.25, 0.3) is 0 Å². The molecule has 1 aromatic rings. The van der Waals surface area contributed by atoms with Crippen molar-refractivity contribution in [2.75, 3.05) is 0 Å². The second-order valence-electron chi connectivity index (χ2n) is 4.95. The molecule has 4 heteroatoms. The predicted molar refractivity (Wildman–Crippen MR) is 63.1 cm³/mol. The minimum absolute atomic E-state index is 0.0396. The van der Waals surface area contributed by atoms with Crippen LogP contribution in [-0.2, 0) is 6.42 Å². The van der Waals surface area contributed by atoms with E-state index in [-0.39, 0.29) is 12.3 Å². The summed E-state index contributed by atoms with van der Waals surface area (Å²) in [5, 5.41) is 10.2. The molecule has 0 heterocycles. The fraction of sp³-hybridized carbons (Fsp3) is 0.571. The normalized spacial score (nSPS) is 23.8. The molecular formula is C14H17F3O. The highest BCUT2D eigenvalue weighted by atomic mass is 19.4. The Hall–Kier alpha value is -1.03. The van der Waals surface area contributed by atoms with Gasteiger partial charge in [-0.3, -0.25) is 0 Å². The Kier molecular flexibility index (Phi) is 3.95. The number of benzene rings is 1. The van der Waals surface area contributed by atoms with Crippen molar-refractivity contribution in [1.82, 2.24) is 0 Å². The van der Waals surface area contributed by atoms with Gasteiger partial charge in [-0.05, 0) is 42.7 Å². The van der Waals surface area contributed by atoms with E-state index in [0.717, 1.165) is 24.0 Å². The highest BCUT2D eigenvalue weighted by Gasteiger charge is 2.30. The lowest BCUT2D eigenvalue weighted by atomic mass is 9.79. The molecule has 1 aliphatic rings. The zero-order valence-corrected chi connectivity index (χ0v) is 10.1. The van der Waals surface area contributed by atoms with Crippen molar-refractivity contribution in [3.05, 3.63) is 35.4 Å². The molecule has 0 bridgehead atoms. The molecule has 0 aliphatic heterocycles. The van der Waals surface area contributed by atoms with Crippen LogP contribution in [0.2, 0.25) is 0 Å². The van der Waals surface area contributed by atoms with Crippen molar-refractivity contribution < 1.29 is 18.3 Å². The topological polar surface area (TPSA) is 20.2 Å². The van der Waals surface area contributed by atoms with Gasteiger partial charge in [-0.25, -0.2) is 0 Å². The Morgan fingerprint density at radius 1 is 1.22 bits per heavy atom. The summed E-state index contributed by atoms with van der Waals surface area (Å²) in [6.45, 7) is 0. The fourth-order valence-electron chi connectivity index (χ4n) is 2.67. The lowest BCUT2D eigenvalue weighted by Crippen LogP contribution is -2.21. The molecule has 2 rings (SSSR count). The quantitative estimate of drug-likeness (QED) is 0.868. The maximum Gasteiger partial charge on any atom is 0.389 e. The summed E-state index contributed by atoms with van der Waals surface area (Å²) in [6.07, 6.45) is -3.28. The first-order valence-corrected chi connectivity index (χ1v) is 6.30. The van der Waals surface area contributed by atoms with Crippen LogP contribution in [0.4, 0.5) is 13.2 Å². The number of rotatable bonds is 3. The van der Waals surface area contributed by atoms with Gasteiger partial charge in [-0.1, -0.05) is 24.3 Å². The first kappa shape index (κ1) is 13.4. The summed E-state index contributed by atoms with van der Waals surface area (Å²) in [4.78, 5) is 0. The number of alkyl halides is 3. The van der Waals surface area contributed by atoms with Crippen molar-refractivity contribution >= 4 is 0 Å². The van der Waals surface area contributed by atoms with E-state index in [1.54, 1.807) is 0 Å². The Morgan fingerprint density at radius 2 is 1.94 bits per heavy atom. The largest absolute Gasteiger partial charge is 0.389 e. The Morgan fingerprint density at radius 3 is 2.67 bits per heavy atom. The molecule has 0 fully saturated rings. The van der Waals surface area contributed by atoms with Crippen LogP contribution in [0.25, 0.3) is 0 Å². The third kappa shape index (κ3) is 3.25. The first-order chi connectivity index (χ1) is 8.47. The van der Waals surface area contributed by atoms with Gasteiger partial charge in [0.2, 0.25) is 0 Å². The molecule has 1 nitrogen and oxygen atoms in total. The van der Waals surface area contributed by atoms with Crippen LogP contribution >= 0.6 is 0 Å². The molecule has 0 saturated carbocycles. The van der Waals surface area contributed by atoms with E-state index in [1.807, 2.05) is 24.3 Å². The molecule has 100 valence electrons. The molecule has 1 N–H and O–H groups in total. The third-order valence-corrected chi connectivity index (χ3v) is 3.64. The highest BCUT2D eigenvalue weighted by molar-refractivity contribution is 5.31. The van der Waals surface area contributed by atoms with E-state index in [2.05, 4.69) is 0 Å². The van der Waals surface area contributed by atoms with Gasteiger partial charge in [0.05, 0.1) is 6.10 Å². The molecule has 0 spiro atoms. The summed E-state index contributed by atoms with van der Waals surface area (Å²) < 4.78 is 36.3. The van der Waals surface area contributed by atoms with Gasteiger partial charge in [-0.15, -0.1) is 0 Å². The monoisotopic (exact) mass is 258 g/mol. The van der Waals surface area contributed by atoms with Crippen LogP contribution in [0.15, 0.2) is 24.3 Å². The molecule has 0 aromatic heterocycles. The fourth-order valence-corrected chi connectivity index (χ4v) is 2.67. The summed E-state index contributed by atoms with van der Waals surface area (Å²) >= 11 is 0. The minimum Gasteiger partial charge on any atom is -0.388 e. The second kappa shape index (κ2) is 5.31. The number of fused-ring (bicyclic) bond motifs is 1. The lowest BCUT2D eigenvalue weighted by Gasteiger charge is -2.30.